The van der Waals surface area contributed by atoms with Gasteiger partial charge >= 0.3 is 0 Å². The highest BCUT2D eigenvalue weighted by molar-refractivity contribution is 7.16. The molecule has 4 unspecified atom stereocenters. The maximum atomic E-state index is 10.3. The van der Waals surface area contributed by atoms with Crippen molar-refractivity contribution >= 4 is 22.9 Å². The van der Waals surface area contributed by atoms with E-state index in [-0.39, 0.29) is 6.10 Å². The van der Waals surface area contributed by atoms with Crippen molar-refractivity contribution in [3.05, 3.63) is 20.8 Å². The first-order valence-electron chi connectivity index (χ1n) is 6.57. The second kappa shape index (κ2) is 4.56. The van der Waals surface area contributed by atoms with Crippen molar-refractivity contribution in [1.29, 1.82) is 0 Å². The molecule has 2 aliphatic carbocycles. The van der Waals surface area contributed by atoms with Crippen LogP contribution in [0.15, 0.2) is 6.07 Å². The van der Waals surface area contributed by atoms with E-state index in [9.17, 15) is 5.11 Å². The van der Waals surface area contributed by atoms with Crippen LogP contribution in [0.25, 0.3) is 0 Å². The molecule has 4 atom stereocenters. The molecule has 0 amide bonds. The van der Waals surface area contributed by atoms with E-state index in [1.54, 1.807) is 11.3 Å². The molecule has 2 aliphatic rings. The third kappa shape index (κ3) is 2.27. The number of thiophene rings is 1. The van der Waals surface area contributed by atoms with Gasteiger partial charge in [0.2, 0.25) is 0 Å². The Morgan fingerprint density at radius 1 is 1.47 bits per heavy atom. The summed E-state index contributed by atoms with van der Waals surface area (Å²) >= 11 is 7.60. The van der Waals surface area contributed by atoms with E-state index in [0.717, 1.165) is 39.0 Å². The minimum absolute atomic E-state index is 0.296. The number of halogens is 1. The molecular weight excluding hydrogens is 252 g/mol. The molecule has 1 heterocycles. The molecule has 0 aromatic carbocycles. The van der Waals surface area contributed by atoms with E-state index in [0.29, 0.717) is 0 Å². The Kier molecular flexibility index (Phi) is 3.22. The van der Waals surface area contributed by atoms with Crippen molar-refractivity contribution in [2.75, 3.05) is 0 Å². The van der Waals surface area contributed by atoms with Crippen LogP contribution < -0.4 is 0 Å². The highest BCUT2D eigenvalue weighted by atomic mass is 35.5. The second-order valence-corrected chi connectivity index (χ2v) is 7.48. The summed E-state index contributed by atoms with van der Waals surface area (Å²) in [6.07, 6.45) is 6.24. The lowest BCUT2D eigenvalue weighted by Gasteiger charge is -2.23. The molecule has 0 spiro atoms. The zero-order valence-corrected chi connectivity index (χ0v) is 11.7. The van der Waals surface area contributed by atoms with E-state index in [1.807, 2.05) is 13.0 Å². The van der Waals surface area contributed by atoms with E-state index in [1.165, 1.54) is 25.7 Å². The summed E-state index contributed by atoms with van der Waals surface area (Å²) in [5.41, 5.74) is 1.10. The number of fused-ring (bicyclic) bond motifs is 2. The van der Waals surface area contributed by atoms with Crippen LogP contribution in [-0.4, -0.2) is 5.11 Å². The largest absolute Gasteiger partial charge is 0.388 e. The van der Waals surface area contributed by atoms with Crippen molar-refractivity contribution in [3.8, 4) is 0 Å². The number of aliphatic hydroxyl groups excluding tert-OH is 1. The van der Waals surface area contributed by atoms with E-state index >= 15 is 0 Å². The van der Waals surface area contributed by atoms with Gasteiger partial charge in [-0.15, -0.1) is 11.3 Å². The molecule has 1 aromatic rings. The SMILES string of the molecule is Cc1cc(C(O)CC2CC3CCC2C3)sc1Cl. The molecule has 1 N–H and O–H groups in total. The molecule has 1 aromatic heterocycles. The summed E-state index contributed by atoms with van der Waals surface area (Å²) in [6, 6.07) is 2.05. The fourth-order valence-corrected chi connectivity index (χ4v) is 4.93. The Labute approximate surface area is 112 Å². The number of hydrogen-bond donors (Lipinski definition) is 1. The highest BCUT2D eigenvalue weighted by Crippen LogP contribution is 2.51. The number of hydrogen-bond acceptors (Lipinski definition) is 2. The summed E-state index contributed by atoms with van der Waals surface area (Å²) in [6.45, 7) is 2.01. The van der Waals surface area contributed by atoms with Crippen LogP contribution in [0.1, 0.15) is 48.6 Å². The number of rotatable bonds is 3. The molecule has 1 nitrogen and oxygen atoms in total. The molecule has 17 heavy (non-hydrogen) atoms. The molecule has 3 heteroatoms. The van der Waals surface area contributed by atoms with Gasteiger partial charge in [0.25, 0.3) is 0 Å². The molecule has 94 valence electrons. The fourth-order valence-electron chi connectivity index (χ4n) is 3.72. The van der Waals surface area contributed by atoms with Gasteiger partial charge in [-0.25, -0.2) is 0 Å². The Hall–Kier alpha value is -0.0500. The van der Waals surface area contributed by atoms with Crippen molar-refractivity contribution in [2.24, 2.45) is 17.8 Å². The third-order valence-electron chi connectivity index (χ3n) is 4.62. The minimum Gasteiger partial charge on any atom is -0.388 e. The van der Waals surface area contributed by atoms with Crippen LogP contribution in [0.4, 0.5) is 0 Å². The minimum atomic E-state index is -0.296. The second-order valence-electron chi connectivity index (χ2n) is 5.79. The zero-order chi connectivity index (χ0) is 12.0. The molecule has 2 bridgehead atoms. The van der Waals surface area contributed by atoms with Gasteiger partial charge in [-0.3, -0.25) is 0 Å². The van der Waals surface area contributed by atoms with Gasteiger partial charge in [-0.2, -0.15) is 0 Å². The lowest BCUT2D eigenvalue weighted by Crippen LogP contribution is -2.13. The van der Waals surface area contributed by atoms with Gasteiger partial charge in [0.05, 0.1) is 10.4 Å². The predicted molar refractivity (Wildman–Crippen MR) is 72.6 cm³/mol. The van der Waals surface area contributed by atoms with Gasteiger partial charge in [0.1, 0.15) is 0 Å². The lowest BCUT2D eigenvalue weighted by atomic mass is 9.84. The highest BCUT2D eigenvalue weighted by Gasteiger charge is 2.40. The number of aryl methyl sites for hydroxylation is 1. The maximum Gasteiger partial charge on any atom is 0.0961 e. The van der Waals surface area contributed by atoms with Crippen LogP contribution in [0, 0.1) is 24.7 Å². The Morgan fingerprint density at radius 2 is 2.29 bits per heavy atom. The molecule has 2 saturated carbocycles. The van der Waals surface area contributed by atoms with E-state index < -0.39 is 0 Å². The molecule has 0 aliphatic heterocycles. The van der Waals surface area contributed by atoms with Crippen LogP contribution in [0.3, 0.4) is 0 Å². The van der Waals surface area contributed by atoms with Gasteiger partial charge in [-0.1, -0.05) is 18.0 Å². The monoisotopic (exact) mass is 270 g/mol. The van der Waals surface area contributed by atoms with Crippen LogP contribution >= 0.6 is 22.9 Å². The van der Waals surface area contributed by atoms with Crippen molar-refractivity contribution in [3.63, 3.8) is 0 Å². The summed E-state index contributed by atoms with van der Waals surface area (Å²) < 4.78 is 0.826. The average Bonchev–Trinajstić information content (AvgIpc) is 2.95. The molecule has 0 radical (unpaired) electrons. The first-order chi connectivity index (χ1) is 8.13. The predicted octanol–water partition coefficient (Wildman–Crippen LogP) is 4.57. The standard InChI is InChI=1S/C14H19ClOS/c1-8-4-13(17-14(8)15)12(16)7-11-6-9-2-3-10(11)5-9/h4,9-12,16H,2-3,5-7H2,1H3. The summed E-state index contributed by atoms with van der Waals surface area (Å²) in [7, 11) is 0. The van der Waals surface area contributed by atoms with Crippen molar-refractivity contribution in [1.82, 2.24) is 0 Å². The van der Waals surface area contributed by atoms with Gasteiger partial charge in [0.15, 0.2) is 0 Å². The molecular formula is C14H19ClOS. The van der Waals surface area contributed by atoms with Crippen LogP contribution in [-0.2, 0) is 0 Å². The zero-order valence-electron chi connectivity index (χ0n) is 10.2. The average molecular weight is 271 g/mol. The van der Waals surface area contributed by atoms with E-state index in [2.05, 4.69) is 0 Å². The van der Waals surface area contributed by atoms with Crippen LogP contribution in [0.2, 0.25) is 4.34 Å². The number of aliphatic hydroxyl groups is 1. The first kappa shape index (κ1) is 12.0. The quantitative estimate of drug-likeness (QED) is 0.853. The Bertz CT molecular complexity index is 395. The molecule has 0 saturated heterocycles. The normalized spacial score (nSPS) is 33.2. The molecule has 3 rings (SSSR count). The van der Waals surface area contributed by atoms with Gasteiger partial charge in [-0.05, 0) is 62.0 Å². The summed E-state index contributed by atoms with van der Waals surface area (Å²) in [5, 5.41) is 10.3. The van der Waals surface area contributed by atoms with Crippen molar-refractivity contribution in [2.45, 2.75) is 45.1 Å². The third-order valence-corrected chi connectivity index (χ3v) is 6.27. The van der Waals surface area contributed by atoms with Gasteiger partial charge < -0.3 is 5.11 Å². The topological polar surface area (TPSA) is 20.2 Å². The lowest BCUT2D eigenvalue weighted by molar-refractivity contribution is 0.128. The summed E-state index contributed by atoms with van der Waals surface area (Å²) in [4.78, 5) is 1.05. The molecule has 2 fully saturated rings. The van der Waals surface area contributed by atoms with E-state index in [4.69, 9.17) is 11.6 Å². The van der Waals surface area contributed by atoms with Gasteiger partial charge in [0, 0.05) is 4.88 Å². The van der Waals surface area contributed by atoms with Crippen LogP contribution in [0.5, 0.6) is 0 Å². The Morgan fingerprint density at radius 3 is 2.82 bits per heavy atom. The fraction of sp³-hybridized carbons (Fsp3) is 0.714. The summed E-state index contributed by atoms with van der Waals surface area (Å²) in [5.74, 6) is 2.61. The smallest absolute Gasteiger partial charge is 0.0961 e. The first-order valence-corrected chi connectivity index (χ1v) is 7.77. The van der Waals surface area contributed by atoms with Crippen molar-refractivity contribution < 1.29 is 5.11 Å². The Balaban J connectivity index is 1.65. The maximum absolute atomic E-state index is 10.3.